The molecular formula is C13H17ClN2OS. The van der Waals surface area contributed by atoms with Crippen molar-refractivity contribution in [1.82, 2.24) is 5.32 Å². The van der Waals surface area contributed by atoms with Gasteiger partial charge in [0, 0.05) is 17.1 Å². The van der Waals surface area contributed by atoms with Crippen molar-refractivity contribution in [3.05, 3.63) is 28.8 Å². The lowest BCUT2D eigenvalue weighted by atomic mass is 10.2. The van der Waals surface area contributed by atoms with Crippen LogP contribution in [0.5, 0.6) is 0 Å². The molecule has 0 spiro atoms. The molecule has 0 radical (unpaired) electrons. The highest BCUT2D eigenvalue weighted by molar-refractivity contribution is 7.80. The van der Waals surface area contributed by atoms with Gasteiger partial charge in [-0.25, -0.2) is 0 Å². The molecule has 0 aromatic heterocycles. The van der Waals surface area contributed by atoms with Crippen molar-refractivity contribution in [2.45, 2.75) is 33.1 Å². The lowest BCUT2D eigenvalue weighted by Gasteiger charge is -2.11. The van der Waals surface area contributed by atoms with Gasteiger partial charge in [0.1, 0.15) is 0 Å². The molecule has 0 unspecified atom stereocenters. The SMILES string of the molecule is CCCCC(=O)NC(=S)Nc1cc(Cl)ccc1C. The Hall–Kier alpha value is -1.13. The highest BCUT2D eigenvalue weighted by atomic mass is 35.5. The molecule has 0 saturated carbocycles. The molecule has 98 valence electrons. The van der Waals surface area contributed by atoms with Gasteiger partial charge in [0.15, 0.2) is 5.11 Å². The van der Waals surface area contributed by atoms with Crippen LogP contribution in [0.1, 0.15) is 31.7 Å². The summed E-state index contributed by atoms with van der Waals surface area (Å²) < 4.78 is 0. The van der Waals surface area contributed by atoms with E-state index < -0.39 is 0 Å². The molecule has 1 amide bonds. The third-order valence-corrected chi connectivity index (χ3v) is 2.90. The molecule has 0 saturated heterocycles. The van der Waals surface area contributed by atoms with Gasteiger partial charge in [-0.05, 0) is 43.3 Å². The van der Waals surface area contributed by atoms with E-state index in [9.17, 15) is 4.79 Å². The minimum atomic E-state index is -0.0611. The summed E-state index contributed by atoms with van der Waals surface area (Å²) in [5.41, 5.74) is 1.83. The first-order valence-corrected chi connectivity index (χ1v) is 6.68. The Bertz CT molecular complexity index is 449. The largest absolute Gasteiger partial charge is 0.332 e. The van der Waals surface area contributed by atoms with E-state index in [-0.39, 0.29) is 5.91 Å². The molecule has 1 aromatic rings. The number of amides is 1. The van der Waals surface area contributed by atoms with Crippen LogP contribution in [-0.4, -0.2) is 11.0 Å². The quantitative estimate of drug-likeness (QED) is 0.829. The molecule has 0 aliphatic rings. The molecule has 3 nitrogen and oxygen atoms in total. The van der Waals surface area contributed by atoms with E-state index in [0.717, 1.165) is 24.1 Å². The van der Waals surface area contributed by atoms with E-state index >= 15 is 0 Å². The molecular weight excluding hydrogens is 268 g/mol. The van der Waals surface area contributed by atoms with Crippen molar-refractivity contribution in [1.29, 1.82) is 0 Å². The number of carbonyl (C=O) groups is 1. The van der Waals surface area contributed by atoms with Gasteiger partial charge in [-0.2, -0.15) is 0 Å². The number of thiocarbonyl (C=S) groups is 1. The summed E-state index contributed by atoms with van der Waals surface area (Å²) >= 11 is 11.0. The minimum absolute atomic E-state index is 0.0611. The Morgan fingerprint density at radius 3 is 2.83 bits per heavy atom. The fraction of sp³-hybridized carbons (Fsp3) is 0.385. The highest BCUT2D eigenvalue weighted by Gasteiger charge is 2.06. The number of hydrogen-bond acceptors (Lipinski definition) is 2. The lowest BCUT2D eigenvalue weighted by molar-refractivity contribution is -0.119. The summed E-state index contributed by atoms with van der Waals surface area (Å²) in [6.45, 7) is 3.99. The van der Waals surface area contributed by atoms with Crippen LogP contribution in [0.4, 0.5) is 5.69 Å². The van der Waals surface area contributed by atoms with Crippen molar-refractivity contribution in [2.75, 3.05) is 5.32 Å². The molecule has 1 aromatic carbocycles. The molecule has 0 bridgehead atoms. The van der Waals surface area contributed by atoms with E-state index in [0.29, 0.717) is 16.6 Å². The average Bonchev–Trinajstić information content (AvgIpc) is 2.31. The van der Waals surface area contributed by atoms with Gasteiger partial charge in [-0.15, -0.1) is 0 Å². The summed E-state index contributed by atoms with van der Waals surface area (Å²) in [7, 11) is 0. The number of aryl methyl sites for hydroxylation is 1. The molecule has 0 atom stereocenters. The van der Waals surface area contributed by atoms with Crippen LogP contribution in [-0.2, 0) is 4.79 Å². The number of benzene rings is 1. The number of carbonyl (C=O) groups excluding carboxylic acids is 1. The highest BCUT2D eigenvalue weighted by Crippen LogP contribution is 2.19. The summed E-state index contributed by atoms with van der Waals surface area (Å²) in [6, 6.07) is 5.48. The second kappa shape index (κ2) is 7.34. The molecule has 0 heterocycles. The van der Waals surface area contributed by atoms with Gasteiger partial charge in [-0.1, -0.05) is 31.0 Å². The zero-order chi connectivity index (χ0) is 13.5. The van der Waals surface area contributed by atoms with E-state index in [1.165, 1.54) is 0 Å². The predicted octanol–water partition coefficient (Wildman–Crippen LogP) is 3.65. The first kappa shape index (κ1) is 14.9. The molecule has 2 N–H and O–H groups in total. The summed E-state index contributed by atoms with van der Waals surface area (Å²) in [5, 5.41) is 6.56. The fourth-order valence-electron chi connectivity index (χ4n) is 1.41. The maximum Gasteiger partial charge on any atom is 0.226 e. The van der Waals surface area contributed by atoms with Crippen molar-refractivity contribution < 1.29 is 4.79 Å². The van der Waals surface area contributed by atoms with Crippen LogP contribution in [0.2, 0.25) is 5.02 Å². The normalized spacial score (nSPS) is 9.94. The number of hydrogen-bond donors (Lipinski definition) is 2. The van der Waals surface area contributed by atoms with Gasteiger partial charge in [0.2, 0.25) is 5.91 Å². The fourth-order valence-corrected chi connectivity index (χ4v) is 1.80. The van der Waals surface area contributed by atoms with Crippen LogP contribution in [0.25, 0.3) is 0 Å². The van der Waals surface area contributed by atoms with Gasteiger partial charge >= 0.3 is 0 Å². The molecule has 18 heavy (non-hydrogen) atoms. The number of nitrogens with one attached hydrogen (secondary N) is 2. The maximum atomic E-state index is 11.5. The lowest BCUT2D eigenvalue weighted by Crippen LogP contribution is -2.34. The Kier molecular flexibility index (Phi) is 6.09. The van der Waals surface area contributed by atoms with E-state index in [2.05, 4.69) is 10.6 Å². The predicted molar refractivity (Wildman–Crippen MR) is 80.1 cm³/mol. The first-order valence-electron chi connectivity index (χ1n) is 5.90. The third-order valence-electron chi connectivity index (χ3n) is 2.46. The maximum absolute atomic E-state index is 11.5. The Morgan fingerprint density at radius 2 is 2.17 bits per heavy atom. The van der Waals surface area contributed by atoms with Crippen LogP contribution < -0.4 is 10.6 Å². The Labute approximate surface area is 118 Å². The first-order chi connectivity index (χ1) is 8.52. The molecule has 0 fully saturated rings. The van der Waals surface area contributed by atoms with E-state index in [4.69, 9.17) is 23.8 Å². The molecule has 1 rings (SSSR count). The second-order valence-electron chi connectivity index (χ2n) is 4.07. The van der Waals surface area contributed by atoms with Crippen molar-refractivity contribution in [3.8, 4) is 0 Å². The van der Waals surface area contributed by atoms with E-state index in [1.807, 2.05) is 26.0 Å². The van der Waals surface area contributed by atoms with Crippen molar-refractivity contribution in [3.63, 3.8) is 0 Å². The number of unbranched alkanes of at least 4 members (excludes halogenated alkanes) is 1. The molecule has 0 aliphatic carbocycles. The van der Waals surface area contributed by atoms with Crippen LogP contribution in [0.3, 0.4) is 0 Å². The topological polar surface area (TPSA) is 41.1 Å². The average molecular weight is 285 g/mol. The standard InChI is InChI=1S/C13H17ClN2OS/c1-3-4-5-12(17)16-13(18)15-11-8-10(14)7-6-9(11)2/h6-8H,3-5H2,1-2H3,(H2,15,16,17,18). The summed E-state index contributed by atoms with van der Waals surface area (Å²) in [4.78, 5) is 11.5. The van der Waals surface area contributed by atoms with Crippen LogP contribution in [0, 0.1) is 6.92 Å². The van der Waals surface area contributed by atoms with Gasteiger partial charge in [0.25, 0.3) is 0 Å². The number of rotatable bonds is 4. The Morgan fingerprint density at radius 1 is 1.44 bits per heavy atom. The monoisotopic (exact) mass is 284 g/mol. The third kappa shape index (κ3) is 5.02. The number of anilines is 1. The smallest absolute Gasteiger partial charge is 0.226 e. The Balaban J connectivity index is 2.54. The minimum Gasteiger partial charge on any atom is -0.332 e. The summed E-state index contributed by atoms with van der Waals surface area (Å²) in [6.07, 6.45) is 2.35. The number of halogens is 1. The second-order valence-corrected chi connectivity index (χ2v) is 4.91. The van der Waals surface area contributed by atoms with Gasteiger partial charge in [-0.3, -0.25) is 4.79 Å². The molecule has 5 heteroatoms. The van der Waals surface area contributed by atoms with Crippen LogP contribution >= 0.6 is 23.8 Å². The van der Waals surface area contributed by atoms with Crippen molar-refractivity contribution in [2.24, 2.45) is 0 Å². The van der Waals surface area contributed by atoms with E-state index in [1.54, 1.807) is 6.07 Å². The zero-order valence-electron chi connectivity index (χ0n) is 10.5. The van der Waals surface area contributed by atoms with Gasteiger partial charge < -0.3 is 10.6 Å². The van der Waals surface area contributed by atoms with Crippen molar-refractivity contribution >= 4 is 40.5 Å². The zero-order valence-corrected chi connectivity index (χ0v) is 12.1. The molecule has 0 aliphatic heterocycles. The van der Waals surface area contributed by atoms with Gasteiger partial charge in [0.05, 0.1) is 0 Å². The van der Waals surface area contributed by atoms with Crippen LogP contribution in [0.15, 0.2) is 18.2 Å². The summed E-state index contributed by atoms with van der Waals surface area (Å²) in [5.74, 6) is -0.0611.